The largest absolute Gasteiger partial charge is 0.356 e. The molecule has 3 nitrogen and oxygen atoms in total. The topological polar surface area (TPSA) is 42.1 Å². The summed E-state index contributed by atoms with van der Waals surface area (Å²) in [6, 6.07) is 2.34. The predicted octanol–water partition coefficient (Wildman–Crippen LogP) is 3.06. The Morgan fingerprint density at radius 3 is 2.53 bits per heavy atom. The molecule has 96 valence electrons. The summed E-state index contributed by atoms with van der Waals surface area (Å²) in [6.07, 6.45) is 1.67. The Bertz CT molecular complexity index is 385. The lowest BCUT2D eigenvalue weighted by Crippen LogP contribution is -2.39. The molecule has 2 N–H and O–H groups in total. The van der Waals surface area contributed by atoms with Crippen LogP contribution in [0.3, 0.4) is 0 Å². The number of nitrogens with two attached hydrogens (primary N) is 1. The number of rotatable bonds is 3. The van der Waals surface area contributed by atoms with Crippen molar-refractivity contribution in [3.05, 3.63) is 22.8 Å². The molecule has 1 heterocycles. The van der Waals surface area contributed by atoms with E-state index in [-0.39, 0.29) is 5.41 Å². The van der Waals surface area contributed by atoms with Gasteiger partial charge in [0.1, 0.15) is 5.82 Å². The first kappa shape index (κ1) is 14.3. The highest BCUT2D eigenvalue weighted by molar-refractivity contribution is 6.31. The molecule has 0 fully saturated rings. The van der Waals surface area contributed by atoms with E-state index in [4.69, 9.17) is 17.3 Å². The van der Waals surface area contributed by atoms with Gasteiger partial charge < -0.3 is 10.6 Å². The summed E-state index contributed by atoms with van der Waals surface area (Å²) in [6.45, 7) is 9.28. The second-order valence-electron chi connectivity index (χ2n) is 5.49. The zero-order valence-electron chi connectivity index (χ0n) is 11.3. The molecule has 0 aliphatic heterocycles. The summed E-state index contributed by atoms with van der Waals surface area (Å²) >= 11 is 6.01. The number of hydrogen-bond acceptors (Lipinski definition) is 3. The van der Waals surface area contributed by atoms with E-state index in [1.165, 1.54) is 0 Å². The molecule has 0 aromatic carbocycles. The third-order valence-corrected chi connectivity index (χ3v) is 3.68. The van der Waals surface area contributed by atoms with Crippen molar-refractivity contribution in [2.75, 3.05) is 11.9 Å². The Morgan fingerprint density at radius 1 is 1.47 bits per heavy atom. The summed E-state index contributed by atoms with van der Waals surface area (Å²) in [5, 5.41) is 0.632. The van der Waals surface area contributed by atoms with Crippen LogP contribution in [0.5, 0.6) is 0 Å². The van der Waals surface area contributed by atoms with Crippen molar-refractivity contribution in [2.24, 2.45) is 11.1 Å². The van der Waals surface area contributed by atoms with E-state index in [2.05, 4.69) is 37.6 Å². The number of nitrogens with zero attached hydrogens (tertiary/aromatic N) is 2. The van der Waals surface area contributed by atoms with Gasteiger partial charge in [-0.15, -0.1) is 0 Å². The van der Waals surface area contributed by atoms with E-state index in [9.17, 15) is 0 Å². The fourth-order valence-electron chi connectivity index (χ4n) is 1.60. The number of aromatic nitrogens is 1. The van der Waals surface area contributed by atoms with Crippen LogP contribution in [0.15, 0.2) is 12.3 Å². The van der Waals surface area contributed by atoms with Crippen molar-refractivity contribution in [3.63, 3.8) is 0 Å². The van der Waals surface area contributed by atoms with Crippen molar-refractivity contribution in [1.29, 1.82) is 0 Å². The fourth-order valence-corrected chi connectivity index (χ4v) is 1.78. The molecule has 4 heteroatoms. The highest BCUT2D eigenvalue weighted by Gasteiger charge is 2.24. The van der Waals surface area contributed by atoms with Crippen LogP contribution in [0.25, 0.3) is 0 Å². The third-order valence-electron chi connectivity index (χ3n) is 3.34. The van der Waals surface area contributed by atoms with Gasteiger partial charge in [-0.3, -0.25) is 0 Å². The molecule has 1 unspecified atom stereocenters. The molecule has 0 saturated carbocycles. The van der Waals surface area contributed by atoms with Crippen LogP contribution < -0.4 is 10.6 Å². The average molecular weight is 256 g/mol. The first-order valence-electron chi connectivity index (χ1n) is 5.84. The minimum absolute atomic E-state index is 0.193. The van der Waals surface area contributed by atoms with Gasteiger partial charge in [0.25, 0.3) is 0 Å². The minimum atomic E-state index is 0.193. The second kappa shape index (κ2) is 5.23. The lowest BCUT2D eigenvalue weighted by Gasteiger charge is -2.36. The lowest BCUT2D eigenvalue weighted by atomic mass is 9.87. The molecule has 0 bridgehead atoms. The van der Waals surface area contributed by atoms with Gasteiger partial charge in [-0.2, -0.15) is 0 Å². The van der Waals surface area contributed by atoms with Crippen LogP contribution in [0.2, 0.25) is 5.02 Å². The van der Waals surface area contributed by atoms with Crippen molar-refractivity contribution in [3.8, 4) is 0 Å². The lowest BCUT2D eigenvalue weighted by molar-refractivity contribution is 0.328. The van der Waals surface area contributed by atoms with Gasteiger partial charge >= 0.3 is 0 Å². The molecule has 0 saturated heterocycles. The van der Waals surface area contributed by atoms with E-state index < -0.39 is 0 Å². The maximum absolute atomic E-state index is 6.01. The molecule has 1 rings (SSSR count). The molecule has 1 aromatic heterocycles. The number of hydrogen-bond donors (Lipinski definition) is 1. The number of anilines is 1. The molecule has 1 atom stereocenters. The molecule has 0 aliphatic rings. The first-order valence-corrected chi connectivity index (χ1v) is 6.22. The van der Waals surface area contributed by atoms with E-state index in [1.807, 2.05) is 13.1 Å². The van der Waals surface area contributed by atoms with Gasteiger partial charge in [-0.1, -0.05) is 32.4 Å². The fraction of sp³-hybridized carbons (Fsp3) is 0.615. The van der Waals surface area contributed by atoms with Crippen LogP contribution >= 0.6 is 11.6 Å². The molecule has 0 spiro atoms. The molecule has 0 aliphatic carbocycles. The summed E-state index contributed by atoms with van der Waals surface area (Å²) in [7, 11) is 2.05. The van der Waals surface area contributed by atoms with Crippen LogP contribution in [-0.4, -0.2) is 18.1 Å². The zero-order valence-corrected chi connectivity index (χ0v) is 12.0. The maximum Gasteiger partial charge on any atom is 0.128 e. The van der Waals surface area contributed by atoms with Crippen molar-refractivity contribution >= 4 is 17.4 Å². The molecular formula is C13H22ClN3. The summed E-state index contributed by atoms with van der Waals surface area (Å²) < 4.78 is 0. The summed E-state index contributed by atoms with van der Waals surface area (Å²) in [5.74, 6) is 0.914. The third kappa shape index (κ3) is 3.33. The maximum atomic E-state index is 6.01. The Morgan fingerprint density at radius 2 is 2.06 bits per heavy atom. The van der Waals surface area contributed by atoms with E-state index in [0.29, 0.717) is 17.6 Å². The van der Waals surface area contributed by atoms with Gasteiger partial charge in [0.05, 0.1) is 5.02 Å². The van der Waals surface area contributed by atoms with Crippen LogP contribution in [0, 0.1) is 5.41 Å². The average Bonchev–Trinajstić information content (AvgIpc) is 2.26. The van der Waals surface area contributed by atoms with Crippen molar-refractivity contribution < 1.29 is 0 Å². The standard InChI is InChI=1S/C13H22ClN3/c1-9(13(2,3)4)17(5)12-6-10(7-15)11(14)8-16-12/h6,8-9H,7,15H2,1-5H3. The normalized spacial score (nSPS) is 13.6. The molecule has 0 amide bonds. The number of pyridine rings is 1. The Balaban J connectivity index is 3.00. The first-order chi connectivity index (χ1) is 7.77. The van der Waals surface area contributed by atoms with Crippen LogP contribution in [0.1, 0.15) is 33.3 Å². The van der Waals surface area contributed by atoms with Gasteiger partial charge in [0, 0.05) is 25.8 Å². The molecule has 17 heavy (non-hydrogen) atoms. The Labute approximate surface area is 109 Å². The quantitative estimate of drug-likeness (QED) is 0.903. The smallest absolute Gasteiger partial charge is 0.128 e. The van der Waals surface area contributed by atoms with Gasteiger partial charge in [0.15, 0.2) is 0 Å². The van der Waals surface area contributed by atoms with E-state index in [1.54, 1.807) is 6.20 Å². The predicted molar refractivity (Wildman–Crippen MR) is 74.5 cm³/mol. The van der Waals surface area contributed by atoms with Crippen LogP contribution in [-0.2, 0) is 6.54 Å². The zero-order chi connectivity index (χ0) is 13.2. The van der Waals surface area contributed by atoms with Crippen LogP contribution in [0.4, 0.5) is 5.82 Å². The Hall–Kier alpha value is -0.800. The summed E-state index contributed by atoms with van der Waals surface area (Å²) in [4.78, 5) is 6.52. The Kier molecular flexibility index (Phi) is 4.39. The molecule has 1 aromatic rings. The van der Waals surface area contributed by atoms with Gasteiger partial charge in [0.2, 0.25) is 0 Å². The summed E-state index contributed by atoms with van der Waals surface area (Å²) in [5.41, 5.74) is 6.78. The highest BCUT2D eigenvalue weighted by atomic mass is 35.5. The van der Waals surface area contributed by atoms with Gasteiger partial charge in [-0.25, -0.2) is 4.98 Å². The minimum Gasteiger partial charge on any atom is -0.356 e. The SMILES string of the molecule is CC(N(C)c1cc(CN)c(Cl)cn1)C(C)(C)C. The van der Waals surface area contributed by atoms with Crippen molar-refractivity contribution in [1.82, 2.24) is 4.98 Å². The monoisotopic (exact) mass is 255 g/mol. The van der Waals surface area contributed by atoms with Gasteiger partial charge in [-0.05, 0) is 24.0 Å². The molecular weight excluding hydrogens is 234 g/mol. The second-order valence-corrected chi connectivity index (χ2v) is 5.90. The van der Waals surface area contributed by atoms with Crippen molar-refractivity contribution in [2.45, 2.75) is 40.3 Å². The van der Waals surface area contributed by atoms with E-state index >= 15 is 0 Å². The number of halogens is 1. The molecule has 0 radical (unpaired) electrons. The van der Waals surface area contributed by atoms with E-state index in [0.717, 1.165) is 11.4 Å². The highest BCUT2D eigenvalue weighted by Crippen LogP contribution is 2.27.